The average molecular weight is 198 g/mol. The molecule has 0 amide bonds. The Labute approximate surface area is 84.4 Å². The Bertz CT molecular complexity index is 298. The van der Waals surface area contributed by atoms with E-state index in [1.807, 2.05) is 6.92 Å². The van der Waals surface area contributed by atoms with E-state index < -0.39 is 11.2 Å². The van der Waals surface area contributed by atoms with Gasteiger partial charge in [0.25, 0.3) is 0 Å². The Hall–Kier alpha value is -0.610. The maximum atomic E-state index is 12.0. The van der Waals surface area contributed by atoms with E-state index in [2.05, 4.69) is 0 Å². The molecule has 1 N–H and O–H groups in total. The molecule has 1 fully saturated rings. The zero-order valence-corrected chi connectivity index (χ0v) is 9.08. The second kappa shape index (κ2) is 2.70. The Balaban J connectivity index is 2.49. The molecule has 2 rings (SSSR count). The van der Waals surface area contributed by atoms with Gasteiger partial charge in [-0.1, -0.05) is 6.42 Å². The zero-order valence-electron chi connectivity index (χ0n) is 9.08. The predicted molar refractivity (Wildman–Crippen MR) is 53.2 cm³/mol. The van der Waals surface area contributed by atoms with Gasteiger partial charge in [0.1, 0.15) is 5.54 Å². The van der Waals surface area contributed by atoms with E-state index in [0.717, 1.165) is 36.1 Å². The highest BCUT2D eigenvalue weighted by molar-refractivity contribution is 5.90. The number of nitrogens with zero attached hydrogens (tertiary/aromatic N) is 2. The average Bonchev–Trinajstić information content (AvgIpc) is 2.27. The fourth-order valence-corrected chi connectivity index (χ4v) is 2.74. The van der Waals surface area contributed by atoms with Gasteiger partial charge in [0.15, 0.2) is 5.71 Å². The van der Waals surface area contributed by atoms with Crippen LogP contribution in [0.1, 0.15) is 46.5 Å². The molecule has 0 radical (unpaired) electrons. The Kier molecular flexibility index (Phi) is 1.92. The molecule has 0 aromatic carbocycles. The van der Waals surface area contributed by atoms with Crippen molar-refractivity contribution in [1.82, 2.24) is 5.06 Å². The molecule has 0 aromatic rings. The molecule has 80 valence electrons. The summed E-state index contributed by atoms with van der Waals surface area (Å²) >= 11 is 0. The molecule has 4 nitrogen and oxygen atoms in total. The minimum absolute atomic E-state index is 0.427. The largest absolute Gasteiger partial charge is 0.622 e. The Morgan fingerprint density at radius 3 is 2.57 bits per heavy atom. The normalized spacial score (nSPS) is 37.4. The SMILES string of the molecule is CC1(C)N(O)[C@@]2(C)CCCCC2=[N+]1[O-]. The van der Waals surface area contributed by atoms with Crippen LogP contribution in [0.5, 0.6) is 0 Å². The summed E-state index contributed by atoms with van der Waals surface area (Å²) in [5, 5.41) is 23.2. The first-order chi connectivity index (χ1) is 6.40. The van der Waals surface area contributed by atoms with Crippen molar-refractivity contribution < 1.29 is 9.95 Å². The molecule has 1 heterocycles. The number of fused-ring (bicyclic) bond motifs is 1. The van der Waals surface area contributed by atoms with Gasteiger partial charge in [0, 0.05) is 20.3 Å². The van der Waals surface area contributed by atoms with Crippen LogP contribution >= 0.6 is 0 Å². The van der Waals surface area contributed by atoms with E-state index in [4.69, 9.17) is 0 Å². The summed E-state index contributed by atoms with van der Waals surface area (Å²) in [6.07, 6.45) is 3.84. The van der Waals surface area contributed by atoms with Crippen molar-refractivity contribution in [2.75, 3.05) is 0 Å². The van der Waals surface area contributed by atoms with Crippen molar-refractivity contribution >= 4 is 5.71 Å². The second-order valence-corrected chi connectivity index (χ2v) is 5.03. The van der Waals surface area contributed by atoms with Crippen LogP contribution in [0.25, 0.3) is 0 Å². The fraction of sp³-hybridized carbons (Fsp3) is 0.900. The van der Waals surface area contributed by atoms with Gasteiger partial charge in [-0.15, -0.1) is 5.06 Å². The molecule has 1 saturated carbocycles. The fourth-order valence-electron chi connectivity index (χ4n) is 2.74. The molecule has 1 aliphatic heterocycles. The van der Waals surface area contributed by atoms with Crippen LogP contribution in [0.15, 0.2) is 0 Å². The molecule has 2 aliphatic rings. The smallest absolute Gasteiger partial charge is 0.245 e. The summed E-state index contributed by atoms with van der Waals surface area (Å²) in [5.41, 5.74) is -0.394. The predicted octanol–water partition coefficient (Wildman–Crippen LogP) is 1.71. The zero-order chi connectivity index (χ0) is 10.6. The summed E-state index contributed by atoms with van der Waals surface area (Å²) < 4.78 is 0.992. The maximum absolute atomic E-state index is 12.0. The minimum atomic E-state index is -0.811. The van der Waals surface area contributed by atoms with Gasteiger partial charge in [-0.05, 0) is 19.8 Å². The standard InChI is InChI=1S/C10H18N2O2/c1-9(2)11(13)8-6-4-5-7-10(8,3)12(9)14/h14H,4-7H2,1-3H3/t10-/m0/s1. The molecule has 0 unspecified atom stereocenters. The van der Waals surface area contributed by atoms with Crippen LogP contribution in [0, 0.1) is 5.21 Å². The number of rotatable bonds is 0. The third-order valence-corrected chi connectivity index (χ3v) is 3.68. The molecule has 1 atom stereocenters. The van der Waals surface area contributed by atoms with Crippen molar-refractivity contribution in [2.24, 2.45) is 0 Å². The van der Waals surface area contributed by atoms with Crippen molar-refractivity contribution in [3.63, 3.8) is 0 Å². The third-order valence-electron chi connectivity index (χ3n) is 3.68. The van der Waals surface area contributed by atoms with Crippen LogP contribution in [0.4, 0.5) is 0 Å². The maximum Gasteiger partial charge on any atom is 0.245 e. The van der Waals surface area contributed by atoms with Crippen molar-refractivity contribution in [3.05, 3.63) is 5.21 Å². The van der Waals surface area contributed by atoms with Gasteiger partial charge in [-0.2, -0.15) is 4.74 Å². The van der Waals surface area contributed by atoms with E-state index >= 15 is 0 Å². The Morgan fingerprint density at radius 1 is 1.36 bits per heavy atom. The lowest BCUT2D eigenvalue weighted by atomic mass is 9.82. The molecule has 14 heavy (non-hydrogen) atoms. The first kappa shape index (κ1) is 9.93. The minimum Gasteiger partial charge on any atom is -0.622 e. The van der Waals surface area contributed by atoms with Gasteiger partial charge < -0.3 is 10.4 Å². The first-order valence-corrected chi connectivity index (χ1v) is 5.23. The number of hydrogen-bond acceptors (Lipinski definition) is 3. The summed E-state index contributed by atoms with van der Waals surface area (Å²) in [4.78, 5) is 0. The molecule has 0 bridgehead atoms. The molecular formula is C10H18N2O2. The molecule has 0 spiro atoms. The van der Waals surface area contributed by atoms with Gasteiger partial charge in [0.2, 0.25) is 5.66 Å². The quantitative estimate of drug-likeness (QED) is 0.476. The number of hydrogen-bond donors (Lipinski definition) is 1. The van der Waals surface area contributed by atoms with Gasteiger partial charge in [-0.3, -0.25) is 0 Å². The van der Waals surface area contributed by atoms with Crippen LogP contribution in [0.2, 0.25) is 0 Å². The van der Waals surface area contributed by atoms with Gasteiger partial charge >= 0.3 is 0 Å². The van der Waals surface area contributed by atoms with Crippen LogP contribution in [-0.2, 0) is 0 Å². The molecule has 1 aliphatic carbocycles. The highest BCUT2D eigenvalue weighted by Gasteiger charge is 2.59. The molecule has 0 aromatic heterocycles. The van der Waals surface area contributed by atoms with Crippen LogP contribution < -0.4 is 0 Å². The highest BCUT2D eigenvalue weighted by atomic mass is 16.6. The topological polar surface area (TPSA) is 49.5 Å². The molecule has 4 heteroatoms. The summed E-state index contributed by atoms with van der Waals surface area (Å²) in [5.74, 6) is 0. The molecule has 0 saturated heterocycles. The van der Waals surface area contributed by atoms with Crippen molar-refractivity contribution in [2.45, 2.75) is 57.7 Å². The summed E-state index contributed by atoms with van der Waals surface area (Å²) in [6.45, 7) is 5.48. The van der Waals surface area contributed by atoms with E-state index in [1.54, 1.807) is 13.8 Å². The van der Waals surface area contributed by atoms with Crippen LogP contribution in [-0.4, -0.2) is 31.9 Å². The second-order valence-electron chi connectivity index (χ2n) is 5.03. The molecular weight excluding hydrogens is 180 g/mol. The van der Waals surface area contributed by atoms with E-state index in [9.17, 15) is 10.4 Å². The first-order valence-electron chi connectivity index (χ1n) is 5.23. The number of hydroxylamine groups is 3. The lowest BCUT2D eigenvalue weighted by molar-refractivity contribution is -0.581. The highest BCUT2D eigenvalue weighted by Crippen LogP contribution is 2.40. The van der Waals surface area contributed by atoms with Crippen molar-refractivity contribution in [1.29, 1.82) is 0 Å². The Morgan fingerprint density at radius 2 is 2.00 bits per heavy atom. The third kappa shape index (κ3) is 0.982. The lowest BCUT2D eigenvalue weighted by Gasteiger charge is -2.34. The summed E-state index contributed by atoms with van der Waals surface area (Å²) in [7, 11) is 0. The monoisotopic (exact) mass is 198 g/mol. The summed E-state index contributed by atoms with van der Waals surface area (Å²) in [6, 6.07) is 0. The van der Waals surface area contributed by atoms with Crippen LogP contribution in [0.3, 0.4) is 0 Å². The van der Waals surface area contributed by atoms with E-state index in [0.29, 0.717) is 0 Å². The van der Waals surface area contributed by atoms with Gasteiger partial charge in [-0.25, -0.2) is 0 Å². The van der Waals surface area contributed by atoms with E-state index in [1.165, 1.54) is 5.06 Å². The van der Waals surface area contributed by atoms with Gasteiger partial charge in [0.05, 0.1) is 0 Å². The van der Waals surface area contributed by atoms with Crippen molar-refractivity contribution in [3.8, 4) is 0 Å². The van der Waals surface area contributed by atoms with E-state index in [-0.39, 0.29) is 0 Å². The lowest BCUT2D eigenvalue weighted by Crippen LogP contribution is -2.53.